The van der Waals surface area contributed by atoms with Crippen molar-refractivity contribution in [1.82, 2.24) is 10.6 Å². The highest BCUT2D eigenvalue weighted by atomic mass is 14.9. The maximum absolute atomic E-state index is 3.44. The third kappa shape index (κ3) is 5.89. The molecule has 2 N–H and O–H groups in total. The van der Waals surface area contributed by atoms with E-state index in [9.17, 15) is 0 Å². The molecule has 0 radical (unpaired) electrons. The Kier molecular flexibility index (Phi) is 6.12. The summed E-state index contributed by atoms with van der Waals surface area (Å²) in [5.74, 6) is 0. The molecule has 0 aliphatic heterocycles. The maximum atomic E-state index is 3.44. The molecule has 0 aliphatic carbocycles. The first-order chi connectivity index (χ1) is 7.68. The number of hydrogen-bond acceptors (Lipinski definition) is 2. The van der Waals surface area contributed by atoms with Gasteiger partial charge in [0.15, 0.2) is 0 Å². The van der Waals surface area contributed by atoms with Crippen molar-refractivity contribution in [2.24, 2.45) is 0 Å². The quantitative estimate of drug-likeness (QED) is 0.688. The molecule has 0 saturated heterocycles. The second-order valence-corrected chi connectivity index (χ2v) is 4.59. The first-order valence-electron chi connectivity index (χ1n) is 6.18. The van der Waals surface area contributed by atoms with Crippen LogP contribution in [0.15, 0.2) is 24.3 Å². The molecular weight excluding hydrogens is 196 g/mol. The van der Waals surface area contributed by atoms with Crippen LogP contribution in [-0.2, 0) is 6.42 Å². The lowest BCUT2D eigenvalue weighted by molar-refractivity contribution is 0.556. The minimum absolute atomic E-state index is 0.582. The summed E-state index contributed by atoms with van der Waals surface area (Å²) in [5.41, 5.74) is 2.74. The molecule has 1 rings (SSSR count). The van der Waals surface area contributed by atoms with E-state index >= 15 is 0 Å². The number of rotatable bonds is 7. The van der Waals surface area contributed by atoms with Crippen LogP contribution in [0, 0.1) is 6.92 Å². The van der Waals surface area contributed by atoms with Gasteiger partial charge in [0.2, 0.25) is 0 Å². The molecule has 2 nitrogen and oxygen atoms in total. The molecule has 0 atom stereocenters. The minimum Gasteiger partial charge on any atom is -0.315 e. The summed E-state index contributed by atoms with van der Waals surface area (Å²) >= 11 is 0. The van der Waals surface area contributed by atoms with Crippen LogP contribution in [0.5, 0.6) is 0 Å². The van der Waals surface area contributed by atoms with Gasteiger partial charge in [-0.3, -0.25) is 0 Å². The van der Waals surface area contributed by atoms with Crippen molar-refractivity contribution in [2.45, 2.75) is 33.2 Å². The van der Waals surface area contributed by atoms with Crippen LogP contribution in [0.25, 0.3) is 0 Å². The fourth-order valence-electron chi connectivity index (χ4n) is 1.56. The van der Waals surface area contributed by atoms with Gasteiger partial charge in [0.25, 0.3) is 0 Å². The monoisotopic (exact) mass is 220 g/mol. The molecule has 1 aromatic carbocycles. The van der Waals surface area contributed by atoms with Crippen LogP contribution in [0.3, 0.4) is 0 Å². The molecule has 0 bridgehead atoms. The molecule has 0 aromatic heterocycles. The summed E-state index contributed by atoms with van der Waals surface area (Å²) in [5, 5.41) is 6.83. The Morgan fingerprint density at radius 2 is 1.69 bits per heavy atom. The predicted octanol–water partition coefficient (Wildman–Crippen LogP) is 2.13. The van der Waals surface area contributed by atoms with E-state index in [1.165, 1.54) is 11.1 Å². The molecule has 0 spiro atoms. The van der Waals surface area contributed by atoms with Crippen LogP contribution in [0.1, 0.15) is 25.0 Å². The highest BCUT2D eigenvalue weighted by Gasteiger charge is 1.93. The van der Waals surface area contributed by atoms with E-state index < -0.39 is 0 Å². The second kappa shape index (κ2) is 7.42. The summed E-state index contributed by atoms with van der Waals surface area (Å²) < 4.78 is 0. The zero-order valence-electron chi connectivity index (χ0n) is 10.7. The van der Waals surface area contributed by atoms with Crippen molar-refractivity contribution >= 4 is 0 Å². The highest BCUT2D eigenvalue weighted by molar-refractivity contribution is 5.21. The largest absolute Gasteiger partial charge is 0.315 e. The highest BCUT2D eigenvalue weighted by Crippen LogP contribution is 2.02. The number of aryl methyl sites for hydroxylation is 1. The van der Waals surface area contributed by atoms with Crippen LogP contribution in [0.2, 0.25) is 0 Å². The van der Waals surface area contributed by atoms with Crippen molar-refractivity contribution in [2.75, 3.05) is 19.6 Å². The molecule has 0 unspecified atom stereocenters. The van der Waals surface area contributed by atoms with Crippen molar-refractivity contribution in [3.63, 3.8) is 0 Å². The van der Waals surface area contributed by atoms with Crippen LogP contribution in [0.4, 0.5) is 0 Å². The average molecular weight is 220 g/mol. The third-order valence-corrected chi connectivity index (χ3v) is 2.57. The summed E-state index contributed by atoms with van der Waals surface area (Å²) in [4.78, 5) is 0. The number of nitrogens with one attached hydrogen (secondary N) is 2. The van der Waals surface area contributed by atoms with Gasteiger partial charge in [0, 0.05) is 19.1 Å². The van der Waals surface area contributed by atoms with Crippen molar-refractivity contribution in [1.29, 1.82) is 0 Å². The lowest BCUT2D eigenvalue weighted by Gasteiger charge is -2.09. The first-order valence-corrected chi connectivity index (χ1v) is 6.18. The van der Waals surface area contributed by atoms with Gasteiger partial charge in [-0.05, 0) is 25.5 Å². The van der Waals surface area contributed by atoms with E-state index in [0.717, 1.165) is 26.1 Å². The summed E-state index contributed by atoms with van der Waals surface area (Å²) in [7, 11) is 0. The molecule has 0 aliphatic rings. The summed E-state index contributed by atoms with van der Waals surface area (Å²) in [6.07, 6.45) is 1.11. The zero-order valence-corrected chi connectivity index (χ0v) is 10.7. The minimum atomic E-state index is 0.582. The molecular formula is C14H24N2. The first kappa shape index (κ1) is 13.2. The smallest absolute Gasteiger partial charge is 0.00790 e. The van der Waals surface area contributed by atoms with Gasteiger partial charge < -0.3 is 10.6 Å². The Labute approximate surface area is 99.5 Å². The fraction of sp³-hybridized carbons (Fsp3) is 0.571. The normalized spacial score (nSPS) is 11.0. The van der Waals surface area contributed by atoms with Crippen molar-refractivity contribution < 1.29 is 0 Å². The van der Waals surface area contributed by atoms with E-state index in [1.54, 1.807) is 0 Å². The standard InChI is InChI=1S/C14H24N2/c1-12(2)16-11-10-15-9-8-14-6-4-13(3)5-7-14/h4-7,12,15-16H,8-11H2,1-3H3. The van der Waals surface area contributed by atoms with E-state index in [2.05, 4.69) is 55.7 Å². The Hall–Kier alpha value is -0.860. The topological polar surface area (TPSA) is 24.1 Å². The average Bonchev–Trinajstić information content (AvgIpc) is 2.25. The van der Waals surface area contributed by atoms with Gasteiger partial charge in [-0.15, -0.1) is 0 Å². The van der Waals surface area contributed by atoms with Gasteiger partial charge in [-0.25, -0.2) is 0 Å². The van der Waals surface area contributed by atoms with Crippen LogP contribution < -0.4 is 10.6 Å². The Bertz CT molecular complexity index is 277. The van der Waals surface area contributed by atoms with E-state index in [1.807, 2.05) is 0 Å². The Morgan fingerprint density at radius 1 is 1.00 bits per heavy atom. The van der Waals surface area contributed by atoms with Gasteiger partial charge in [-0.1, -0.05) is 43.7 Å². The summed E-state index contributed by atoms with van der Waals surface area (Å²) in [6.45, 7) is 9.62. The van der Waals surface area contributed by atoms with Crippen molar-refractivity contribution in [3.8, 4) is 0 Å². The molecule has 16 heavy (non-hydrogen) atoms. The number of benzene rings is 1. The van der Waals surface area contributed by atoms with Gasteiger partial charge in [-0.2, -0.15) is 0 Å². The molecule has 0 amide bonds. The molecule has 1 aromatic rings. The number of hydrogen-bond donors (Lipinski definition) is 2. The molecule has 0 heterocycles. The Morgan fingerprint density at radius 3 is 2.31 bits per heavy atom. The second-order valence-electron chi connectivity index (χ2n) is 4.59. The van der Waals surface area contributed by atoms with Gasteiger partial charge >= 0.3 is 0 Å². The van der Waals surface area contributed by atoms with E-state index in [0.29, 0.717) is 6.04 Å². The van der Waals surface area contributed by atoms with Crippen molar-refractivity contribution in [3.05, 3.63) is 35.4 Å². The SMILES string of the molecule is Cc1ccc(CCNCCNC(C)C)cc1. The molecule has 0 saturated carbocycles. The van der Waals surface area contributed by atoms with E-state index in [4.69, 9.17) is 0 Å². The summed E-state index contributed by atoms with van der Waals surface area (Å²) in [6, 6.07) is 9.36. The van der Waals surface area contributed by atoms with Gasteiger partial charge in [0.05, 0.1) is 0 Å². The fourth-order valence-corrected chi connectivity index (χ4v) is 1.56. The lowest BCUT2D eigenvalue weighted by atomic mass is 10.1. The van der Waals surface area contributed by atoms with Gasteiger partial charge in [0.1, 0.15) is 0 Å². The third-order valence-electron chi connectivity index (χ3n) is 2.57. The molecule has 90 valence electrons. The van der Waals surface area contributed by atoms with Crippen LogP contribution in [-0.4, -0.2) is 25.7 Å². The van der Waals surface area contributed by atoms with Crippen LogP contribution >= 0.6 is 0 Å². The zero-order chi connectivity index (χ0) is 11.8. The maximum Gasteiger partial charge on any atom is 0.00790 e. The molecule has 0 fully saturated rings. The lowest BCUT2D eigenvalue weighted by Crippen LogP contribution is -2.32. The van der Waals surface area contributed by atoms with E-state index in [-0.39, 0.29) is 0 Å². The predicted molar refractivity (Wildman–Crippen MR) is 70.9 cm³/mol. The Balaban J connectivity index is 2.05. The molecule has 2 heteroatoms.